The van der Waals surface area contributed by atoms with Crippen molar-refractivity contribution in [3.63, 3.8) is 0 Å². The van der Waals surface area contributed by atoms with Gasteiger partial charge in [0.25, 0.3) is 0 Å². The molecule has 6 heteroatoms. The summed E-state index contributed by atoms with van der Waals surface area (Å²) >= 11 is 0. The van der Waals surface area contributed by atoms with Gasteiger partial charge in [-0.2, -0.15) is 0 Å². The van der Waals surface area contributed by atoms with Crippen LogP contribution >= 0.6 is 0 Å². The normalized spacial score (nSPS) is 12.3. The van der Waals surface area contributed by atoms with Gasteiger partial charge >= 0.3 is 29.6 Å². The van der Waals surface area contributed by atoms with Crippen LogP contribution in [0.2, 0.25) is 0 Å². The molecule has 0 radical (unpaired) electrons. The molecule has 0 aliphatic carbocycles. The van der Waals surface area contributed by atoms with Crippen LogP contribution in [0.25, 0.3) is 0 Å². The van der Waals surface area contributed by atoms with Crippen molar-refractivity contribution in [2.75, 3.05) is 0 Å². The van der Waals surface area contributed by atoms with Crippen molar-refractivity contribution in [1.82, 2.24) is 0 Å². The van der Waals surface area contributed by atoms with Crippen LogP contribution in [0, 0.1) is 0 Å². The minimum atomic E-state index is -4.60. The molecule has 0 aromatic rings. The van der Waals surface area contributed by atoms with E-state index in [2.05, 4.69) is 0 Å². The van der Waals surface area contributed by atoms with Crippen molar-refractivity contribution >= 4 is 10.1 Å². The summed E-state index contributed by atoms with van der Waals surface area (Å²) in [6, 6.07) is 0. The topological polar surface area (TPSA) is 77.4 Å². The van der Waals surface area contributed by atoms with Crippen LogP contribution in [0.15, 0.2) is 0 Å². The monoisotopic (exact) mass is 246 g/mol. The number of unbranched alkanes of at least 4 members (excludes halogenated alkanes) is 2. The molecule has 86 valence electrons. The number of hydrogen-bond acceptors (Lipinski definition) is 4. The summed E-state index contributed by atoms with van der Waals surface area (Å²) in [7, 11) is -4.60. The fourth-order valence-electron chi connectivity index (χ4n) is 1.28. The first-order valence-electron chi connectivity index (χ1n) is 5.05. The quantitative estimate of drug-likeness (QED) is 0.443. The van der Waals surface area contributed by atoms with E-state index in [-0.39, 0.29) is 42.4 Å². The van der Waals surface area contributed by atoms with E-state index in [4.69, 9.17) is 0 Å². The Kier molecular flexibility index (Phi) is 9.77. The van der Waals surface area contributed by atoms with E-state index in [1.54, 1.807) is 0 Å². The van der Waals surface area contributed by atoms with Gasteiger partial charge in [-0.25, -0.2) is 8.42 Å². The van der Waals surface area contributed by atoms with E-state index in [0.717, 1.165) is 12.8 Å². The molecule has 0 heterocycles. The summed E-state index contributed by atoms with van der Waals surface area (Å²) in [6.07, 6.45) is 2.75. The van der Waals surface area contributed by atoms with Gasteiger partial charge in [0, 0.05) is 0 Å². The summed E-state index contributed by atoms with van der Waals surface area (Å²) in [5.74, 6) is 0. The first-order chi connectivity index (χ1) is 6.37. The van der Waals surface area contributed by atoms with Crippen LogP contribution in [-0.2, 0) is 10.1 Å². The zero-order chi connectivity index (χ0) is 11.2. The Balaban J connectivity index is 0. The van der Waals surface area contributed by atoms with E-state index in [9.17, 15) is 18.1 Å². The SMILES string of the molecule is CCCCC(O)(CCCC)S(=O)(=O)[O-].[Na+]. The molecule has 0 aliphatic rings. The Labute approximate surface area is 114 Å². The fraction of sp³-hybridized carbons (Fsp3) is 1.00. The van der Waals surface area contributed by atoms with Crippen molar-refractivity contribution in [3.8, 4) is 0 Å². The molecule has 0 saturated heterocycles. The molecule has 0 aromatic carbocycles. The molecular weight excluding hydrogens is 227 g/mol. The molecular formula is C9H19NaO4S. The molecule has 0 aromatic heterocycles. The number of rotatable bonds is 7. The van der Waals surface area contributed by atoms with Gasteiger partial charge in [-0.05, 0) is 25.7 Å². The first kappa shape index (κ1) is 18.2. The predicted molar refractivity (Wildman–Crippen MR) is 53.7 cm³/mol. The van der Waals surface area contributed by atoms with Crippen molar-refractivity contribution in [1.29, 1.82) is 0 Å². The van der Waals surface area contributed by atoms with Gasteiger partial charge in [0.1, 0.15) is 10.1 Å². The molecule has 0 atom stereocenters. The Morgan fingerprint density at radius 1 is 1.13 bits per heavy atom. The van der Waals surface area contributed by atoms with Crippen LogP contribution in [0.4, 0.5) is 0 Å². The Morgan fingerprint density at radius 2 is 1.47 bits per heavy atom. The van der Waals surface area contributed by atoms with E-state index >= 15 is 0 Å². The summed E-state index contributed by atoms with van der Waals surface area (Å²) in [5.41, 5.74) is 0. The Hall–Kier alpha value is 0.870. The summed E-state index contributed by atoms with van der Waals surface area (Å²) in [4.78, 5) is -2.04. The summed E-state index contributed by atoms with van der Waals surface area (Å²) in [5, 5.41) is 9.71. The standard InChI is InChI=1S/C9H20O4S.Na/c1-3-5-7-9(10,8-6-4-2)14(11,12)13;/h10H,3-8H2,1-2H3,(H,11,12,13);/q;+1/p-1. The predicted octanol–water partition coefficient (Wildman–Crippen LogP) is -1.40. The van der Waals surface area contributed by atoms with Gasteiger partial charge in [0.2, 0.25) is 0 Å². The maximum atomic E-state index is 10.9. The van der Waals surface area contributed by atoms with Gasteiger partial charge in [-0.3, -0.25) is 0 Å². The van der Waals surface area contributed by atoms with Crippen molar-refractivity contribution < 1.29 is 47.6 Å². The Bertz CT molecular complexity index is 243. The fourth-order valence-corrected chi connectivity index (χ4v) is 2.07. The average molecular weight is 246 g/mol. The third kappa shape index (κ3) is 6.24. The van der Waals surface area contributed by atoms with Gasteiger partial charge in [-0.15, -0.1) is 0 Å². The van der Waals surface area contributed by atoms with Gasteiger partial charge < -0.3 is 9.66 Å². The molecule has 0 spiro atoms. The maximum absolute atomic E-state index is 10.9. The number of hydrogen-bond donors (Lipinski definition) is 1. The molecule has 1 N–H and O–H groups in total. The van der Waals surface area contributed by atoms with Crippen LogP contribution < -0.4 is 29.6 Å². The van der Waals surface area contributed by atoms with Gasteiger partial charge in [0.05, 0.1) is 0 Å². The zero-order valence-corrected chi connectivity index (χ0v) is 12.6. The molecule has 0 saturated carbocycles. The second-order valence-corrected chi connectivity index (χ2v) is 5.28. The molecule has 0 bridgehead atoms. The van der Waals surface area contributed by atoms with E-state index in [1.807, 2.05) is 13.8 Å². The smallest absolute Gasteiger partial charge is 0.746 e. The second-order valence-electron chi connectivity index (χ2n) is 3.61. The summed E-state index contributed by atoms with van der Waals surface area (Å²) < 4.78 is 32.6. The maximum Gasteiger partial charge on any atom is 1.00 e. The van der Waals surface area contributed by atoms with Crippen LogP contribution in [0.3, 0.4) is 0 Å². The average Bonchev–Trinajstić information content (AvgIpc) is 2.09. The minimum absolute atomic E-state index is 0. The summed E-state index contributed by atoms with van der Waals surface area (Å²) in [6.45, 7) is 3.77. The minimum Gasteiger partial charge on any atom is -0.746 e. The third-order valence-corrected chi connectivity index (χ3v) is 3.65. The van der Waals surface area contributed by atoms with E-state index < -0.39 is 15.1 Å². The second kappa shape index (κ2) is 8.03. The van der Waals surface area contributed by atoms with Crippen LogP contribution in [-0.4, -0.2) is 23.0 Å². The molecule has 0 fully saturated rings. The molecule has 0 aliphatic heterocycles. The first-order valence-corrected chi connectivity index (χ1v) is 6.46. The molecule has 0 rings (SSSR count). The van der Waals surface area contributed by atoms with Crippen LogP contribution in [0.1, 0.15) is 52.4 Å². The van der Waals surface area contributed by atoms with Crippen LogP contribution in [0.5, 0.6) is 0 Å². The van der Waals surface area contributed by atoms with Gasteiger partial charge in [0.15, 0.2) is 4.93 Å². The van der Waals surface area contributed by atoms with Crippen molar-refractivity contribution in [3.05, 3.63) is 0 Å². The molecule has 0 unspecified atom stereocenters. The zero-order valence-electron chi connectivity index (χ0n) is 9.82. The van der Waals surface area contributed by atoms with Gasteiger partial charge in [-0.1, -0.05) is 26.7 Å². The molecule has 15 heavy (non-hydrogen) atoms. The van der Waals surface area contributed by atoms with E-state index in [1.165, 1.54) is 0 Å². The van der Waals surface area contributed by atoms with Crippen molar-refractivity contribution in [2.45, 2.75) is 57.3 Å². The number of aliphatic hydroxyl groups is 1. The van der Waals surface area contributed by atoms with E-state index in [0.29, 0.717) is 12.8 Å². The third-order valence-electron chi connectivity index (χ3n) is 2.31. The Morgan fingerprint density at radius 3 is 1.67 bits per heavy atom. The van der Waals surface area contributed by atoms with Crippen molar-refractivity contribution in [2.24, 2.45) is 0 Å². The molecule has 0 amide bonds. The molecule has 4 nitrogen and oxygen atoms in total. The largest absolute Gasteiger partial charge is 1.00 e.